The Morgan fingerprint density at radius 2 is 0.817 bits per heavy atom. The third-order valence-electron chi connectivity index (χ3n) is 10.7. The van der Waals surface area contributed by atoms with Crippen molar-refractivity contribution in [3.05, 3.63) is 140 Å². The van der Waals surface area contributed by atoms with E-state index in [0.29, 0.717) is 38.3 Å². The molecule has 18 radical (unpaired) electrons. The first kappa shape index (κ1) is 100. The van der Waals surface area contributed by atoms with E-state index in [1.807, 2.05) is 84.9 Å². The molecule has 0 bridgehead atoms. The summed E-state index contributed by atoms with van der Waals surface area (Å²) >= 11 is 13.8. The Kier molecular flexibility index (Phi) is 73.5. The first-order valence-corrected chi connectivity index (χ1v) is 32.5. The van der Waals surface area contributed by atoms with Crippen molar-refractivity contribution in [2.24, 2.45) is 0 Å². The molecule has 0 aliphatic carbocycles. The molecule has 0 saturated carbocycles. The minimum atomic E-state index is -0.401. The van der Waals surface area contributed by atoms with Crippen LogP contribution in [0.15, 0.2) is 154 Å². The highest BCUT2D eigenvalue weighted by Gasteiger charge is 2.29. The number of alkyl halides is 1. The Hall–Kier alpha value is -6.52. The van der Waals surface area contributed by atoms with Gasteiger partial charge in [0.1, 0.15) is 66.0 Å². The van der Waals surface area contributed by atoms with Crippen molar-refractivity contribution >= 4 is 159 Å². The molecule has 2 heterocycles. The zero-order valence-electron chi connectivity index (χ0n) is 53.9. The molecule has 7 rings (SSSR count). The van der Waals surface area contributed by atoms with Crippen LogP contribution in [0.2, 0.25) is 0 Å². The van der Waals surface area contributed by atoms with Gasteiger partial charge in [-0.3, -0.25) is 25.0 Å². The summed E-state index contributed by atoms with van der Waals surface area (Å²) in [5.41, 5.74) is 1.21. The summed E-state index contributed by atoms with van der Waals surface area (Å²) in [6, 6.07) is 36.0. The van der Waals surface area contributed by atoms with Crippen molar-refractivity contribution in [2.75, 3.05) is 43.0 Å². The summed E-state index contributed by atoms with van der Waals surface area (Å²) in [6.45, 7) is 15.9. The Bertz CT molecular complexity index is 2550. The van der Waals surface area contributed by atoms with E-state index in [4.69, 9.17) is 45.6 Å². The third-order valence-corrected chi connectivity index (χ3v) is 14.3. The molecule has 5 aromatic carbocycles. The van der Waals surface area contributed by atoms with Gasteiger partial charge in [0, 0.05) is 100 Å². The third kappa shape index (κ3) is 54.6. The molecule has 2 atom stereocenters. The zero-order chi connectivity index (χ0) is 64.7. The van der Waals surface area contributed by atoms with Crippen LogP contribution in [0.3, 0.4) is 0 Å². The molecule has 6 N–H and O–H groups in total. The molecule has 5 aromatic rings. The summed E-state index contributed by atoms with van der Waals surface area (Å²) < 4.78 is 16.5. The maximum Gasteiger partial charge on any atom is 0.322 e. The van der Waals surface area contributed by atoms with Crippen LogP contribution in [0.25, 0.3) is 0 Å². The molecule has 0 aromatic heterocycles. The SMILES string of the molecule is C=CC=O.CCCC.CCCOc1ccc(CCCC2NC(=O)NC2=O)cc1.CCCOc1ccc(SCCC2NC(=O)NC2=O)cc1.CCCOc1ccc(SCCC=O)cc1.O=CCCSc1ccc(O)cc1.O=CCCl.Oc1ccc(S)cc1.[B].[B].[B].[B].[B].[B]. The number of hydrogen-bond acceptors (Lipinski definition) is 17. The maximum absolute atomic E-state index is 11.4. The minimum absolute atomic E-state index is 0. The fourth-order valence-corrected chi connectivity index (χ4v) is 8.87. The van der Waals surface area contributed by atoms with Crippen LogP contribution >= 0.6 is 59.5 Å². The van der Waals surface area contributed by atoms with E-state index in [-0.39, 0.29) is 85.7 Å². The minimum Gasteiger partial charge on any atom is -0.508 e. The highest BCUT2D eigenvalue weighted by molar-refractivity contribution is 7.99. The number of amides is 6. The standard InChI is InChI=1S/C15H20N2O3.C14H18N2O3S.C12H16O2S.C9H10O2S.C6H6OS.C4H10.C3H4O.C2H3ClO.6B/c1-2-10-20-12-8-6-11(7-9-12)4-3-5-13-14(18)17-15(19)16-13;1-2-8-19-10-3-5-11(6-4-10)20-9-7-12-13(17)16-14(18)15-12;1-2-9-14-11-4-6-12(7-5-11)15-10-3-8-13;10-6-1-7-12-9-4-2-8(11)3-5-9;7-5-1-3-6(8)4-2-5;1-3-4-2;1-2-3-4;3-1-2-4;;;;;;/h6-9,13H,2-5,10H2,1H3,(H2,16,17,18,19);3-6,12H,2,7-9H2,1H3,(H2,15,16,17,18);4-8H,2-3,9-10H2,1H3;2-6,11H,1,7H2;1-4,7-8H;3-4H2,1-2H3;2-3H,1H2;2H,1H2;;;;;;. The highest BCUT2D eigenvalue weighted by Crippen LogP contribution is 2.25. The number of urea groups is 2. The Morgan fingerprint density at radius 1 is 0.495 bits per heavy atom. The number of thioether (sulfide) groups is 3. The molecular formula is C65H87B6ClN4O13S4. The highest BCUT2D eigenvalue weighted by atomic mass is 35.5. The van der Waals surface area contributed by atoms with Crippen molar-refractivity contribution in [3.63, 3.8) is 0 Å². The average molecular weight is 1360 g/mol. The predicted molar refractivity (Wildman–Crippen MR) is 390 cm³/mol. The lowest BCUT2D eigenvalue weighted by molar-refractivity contribution is -0.121. The van der Waals surface area contributed by atoms with Crippen molar-refractivity contribution in [3.8, 4) is 28.7 Å². The molecule has 28 heteroatoms. The number of hydrogen-bond donors (Lipinski definition) is 7. The summed E-state index contributed by atoms with van der Waals surface area (Å²) in [5, 5.41) is 27.3. The largest absolute Gasteiger partial charge is 0.508 e. The molecular weight excluding hydrogens is 1270 g/mol. The van der Waals surface area contributed by atoms with Crippen molar-refractivity contribution in [2.45, 2.75) is 137 Å². The number of thiol groups is 1. The fourth-order valence-electron chi connectivity index (χ4n) is 6.25. The van der Waals surface area contributed by atoms with Crippen LogP contribution in [-0.4, -0.2) is 165 Å². The lowest BCUT2D eigenvalue weighted by atomic mass is 10.0. The van der Waals surface area contributed by atoms with E-state index in [9.17, 15) is 28.8 Å². The van der Waals surface area contributed by atoms with Crippen molar-refractivity contribution in [1.29, 1.82) is 0 Å². The molecule has 2 unspecified atom stereocenters. The molecule has 2 saturated heterocycles. The molecule has 494 valence electrons. The molecule has 2 aliphatic heterocycles. The molecule has 0 spiro atoms. The number of carbonyl (C=O) groups excluding carboxylic acids is 8. The Morgan fingerprint density at radius 3 is 1.11 bits per heavy atom. The number of unbranched alkanes of at least 4 members (excludes halogenated alkanes) is 1. The number of nitrogens with one attached hydrogen (secondary N) is 4. The van der Waals surface area contributed by atoms with Gasteiger partial charge in [-0.2, -0.15) is 0 Å². The number of aryl methyl sites for hydroxylation is 1. The maximum atomic E-state index is 11.4. The number of ether oxygens (including phenoxy) is 3. The number of halogens is 1. The number of carbonyl (C=O) groups is 8. The van der Waals surface area contributed by atoms with Gasteiger partial charge in [-0.05, 0) is 166 Å². The van der Waals surface area contributed by atoms with Gasteiger partial charge in [0.15, 0.2) is 0 Å². The van der Waals surface area contributed by atoms with Crippen LogP contribution in [0.1, 0.15) is 104 Å². The smallest absolute Gasteiger partial charge is 0.322 e. The van der Waals surface area contributed by atoms with Gasteiger partial charge in [0.05, 0.1) is 25.7 Å². The van der Waals surface area contributed by atoms with Crippen LogP contribution in [0, 0.1) is 0 Å². The second-order valence-corrected chi connectivity index (χ2v) is 22.3. The van der Waals surface area contributed by atoms with E-state index in [2.05, 4.69) is 75.1 Å². The van der Waals surface area contributed by atoms with Gasteiger partial charge in [-0.15, -0.1) is 59.5 Å². The lowest BCUT2D eigenvalue weighted by Crippen LogP contribution is -2.29. The summed E-state index contributed by atoms with van der Waals surface area (Å²) in [6.07, 6.45) is 14.2. The van der Waals surface area contributed by atoms with Crippen molar-refractivity contribution < 1.29 is 62.8 Å². The monoisotopic (exact) mass is 1360 g/mol. The molecule has 6 amide bonds. The van der Waals surface area contributed by atoms with Crippen LogP contribution < -0.4 is 35.5 Å². The van der Waals surface area contributed by atoms with E-state index < -0.39 is 18.1 Å². The zero-order valence-corrected chi connectivity index (χ0v) is 58.0. The fraction of sp³-hybridized carbons (Fsp3) is 0.385. The number of phenols is 2. The normalized spacial score (nSPS) is 12.1. The molecule has 2 aliphatic rings. The number of rotatable bonds is 28. The number of benzene rings is 5. The van der Waals surface area contributed by atoms with E-state index in [1.54, 1.807) is 71.7 Å². The Balaban J connectivity index is -0.000000191. The Labute approximate surface area is 587 Å². The summed E-state index contributed by atoms with van der Waals surface area (Å²) in [7, 11) is 0. The lowest BCUT2D eigenvalue weighted by Gasteiger charge is -2.08. The topological polar surface area (TPSA) is 253 Å². The number of aromatic hydroxyl groups is 2. The van der Waals surface area contributed by atoms with Crippen LogP contribution in [0.4, 0.5) is 9.59 Å². The first-order chi connectivity index (χ1) is 42.1. The quantitative estimate of drug-likeness (QED) is 0.00359. The number of aldehydes is 4. The van der Waals surface area contributed by atoms with Gasteiger partial charge in [0.2, 0.25) is 0 Å². The van der Waals surface area contributed by atoms with Gasteiger partial charge in [0.25, 0.3) is 11.8 Å². The number of imide groups is 2. The van der Waals surface area contributed by atoms with Crippen LogP contribution in [0.5, 0.6) is 28.7 Å². The van der Waals surface area contributed by atoms with Crippen LogP contribution in [-0.2, 0) is 35.2 Å². The second kappa shape index (κ2) is 68.3. The van der Waals surface area contributed by atoms with Gasteiger partial charge < -0.3 is 49.4 Å². The summed E-state index contributed by atoms with van der Waals surface area (Å²) in [4.78, 5) is 87.1. The molecule has 93 heavy (non-hydrogen) atoms. The predicted octanol–water partition coefficient (Wildman–Crippen LogP) is 11.4. The van der Waals surface area contributed by atoms with E-state index >= 15 is 0 Å². The second-order valence-electron chi connectivity index (χ2n) is 18.0. The van der Waals surface area contributed by atoms with Gasteiger partial charge in [-0.25, -0.2) is 9.59 Å². The first-order valence-electron chi connectivity index (χ1n) is 28.6. The van der Waals surface area contributed by atoms with E-state index in [0.717, 1.165) is 114 Å². The van der Waals surface area contributed by atoms with Gasteiger partial charge in [-0.1, -0.05) is 66.2 Å². The van der Waals surface area contributed by atoms with E-state index in [1.165, 1.54) is 29.4 Å². The molecule has 2 fully saturated rings. The number of allylic oxidation sites excluding steroid dienone is 1. The average Bonchev–Trinajstić information content (AvgIpc) is 3.31. The number of phenolic OH excluding ortho intramolecular Hbond substituents is 2. The van der Waals surface area contributed by atoms with Gasteiger partial charge >= 0.3 is 12.1 Å². The summed E-state index contributed by atoms with van der Waals surface area (Å²) in [5.74, 6) is 5.29. The molecule has 17 nitrogen and oxygen atoms in total. The van der Waals surface area contributed by atoms with Crippen molar-refractivity contribution in [1.82, 2.24) is 21.3 Å².